The van der Waals surface area contributed by atoms with Gasteiger partial charge in [-0.3, -0.25) is 4.79 Å². The lowest BCUT2D eigenvalue weighted by Gasteiger charge is -2.15. The lowest BCUT2D eigenvalue weighted by Crippen LogP contribution is -2.35. The van der Waals surface area contributed by atoms with Gasteiger partial charge < -0.3 is 10.6 Å². The van der Waals surface area contributed by atoms with E-state index in [1.807, 2.05) is 54.6 Å². The van der Waals surface area contributed by atoms with E-state index in [4.69, 9.17) is 0 Å². The molecule has 2 N–H and O–H groups in total. The maximum atomic E-state index is 12.8. The SMILES string of the molecule is O=C(NC1Cc2ccccc2C1)c1ccccc1Nc1ccccc1. The van der Waals surface area contributed by atoms with Gasteiger partial charge in [-0.05, 0) is 48.2 Å². The number of carbonyl (C=O) groups is 1. The number of nitrogens with one attached hydrogen (secondary N) is 2. The Kier molecular flexibility index (Phi) is 4.21. The van der Waals surface area contributed by atoms with Gasteiger partial charge in [0.25, 0.3) is 5.91 Å². The first kappa shape index (κ1) is 15.5. The third kappa shape index (κ3) is 3.41. The molecule has 0 fully saturated rings. The minimum absolute atomic E-state index is 0.0307. The Labute approximate surface area is 147 Å². The third-order valence-electron chi connectivity index (χ3n) is 4.61. The molecule has 0 radical (unpaired) electrons. The van der Waals surface area contributed by atoms with Gasteiger partial charge in [0.1, 0.15) is 0 Å². The van der Waals surface area contributed by atoms with Crippen LogP contribution in [0.1, 0.15) is 21.5 Å². The zero-order valence-corrected chi connectivity index (χ0v) is 13.9. The van der Waals surface area contributed by atoms with E-state index in [0.29, 0.717) is 5.56 Å². The second-order valence-electron chi connectivity index (χ2n) is 6.38. The maximum Gasteiger partial charge on any atom is 0.253 e. The Hall–Kier alpha value is -3.07. The van der Waals surface area contributed by atoms with Crippen molar-refractivity contribution in [2.24, 2.45) is 0 Å². The molecular formula is C22H20N2O. The molecule has 3 aromatic rings. The van der Waals surface area contributed by atoms with Crippen molar-refractivity contribution < 1.29 is 4.79 Å². The van der Waals surface area contributed by atoms with Crippen molar-refractivity contribution >= 4 is 17.3 Å². The normalized spacial score (nSPS) is 13.3. The summed E-state index contributed by atoms with van der Waals surface area (Å²) in [5.74, 6) is -0.0307. The zero-order valence-electron chi connectivity index (χ0n) is 13.9. The van der Waals surface area contributed by atoms with Crippen molar-refractivity contribution in [1.29, 1.82) is 0 Å². The van der Waals surface area contributed by atoms with Crippen LogP contribution in [-0.2, 0) is 12.8 Å². The number of hydrogen-bond acceptors (Lipinski definition) is 2. The minimum atomic E-state index is -0.0307. The third-order valence-corrected chi connectivity index (χ3v) is 4.61. The summed E-state index contributed by atoms with van der Waals surface area (Å²) in [6.45, 7) is 0. The predicted octanol–water partition coefficient (Wildman–Crippen LogP) is 4.33. The molecule has 4 rings (SSSR count). The van der Waals surface area contributed by atoms with E-state index >= 15 is 0 Å². The molecule has 0 aromatic heterocycles. The molecule has 1 aliphatic carbocycles. The van der Waals surface area contributed by atoms with Crippen molar-refractivity contribution in [2.75, 3.05) is 5.32 Å². The van der Waals surface area contributed by atoms with E-state index in [1.165, 1.54) is 11.1 Å². The van der Waals surface area contributed by atoms with Crippen LogP contribution in [0.4, 0.5) is 11.4 Å². The predicted molar refractivity (Wildman–Crippen MR) is 101 cm³/mol. The molecule has 0 unspecified atom stereocenters. The van der Waals surface area contributed by atoms with E-state index in [-0.39, 0.29) is 11.9 Å². The fourth-order valence-corrected chi connectivity index (χ4v) is 3.39. The highest BCUT2D eigenvalue weighted by Crippen LogP contribution is 2.24. The van der Waals surface area contributed by atoms with Gasteiger partial charge in [-0.1, -0.05) is 54.6 Å². The van der Waals surface area contributed by atoms with E-state index < -0.39 is 0 Å². The van der Waals surface area contributed by atoms with Gasteiger partial charge in [0.05, 0.1) is 11.3 Å². The van der Waals surface area contributed by atoms with Crippen molar-refractivity contribution in [3.05, 3.63) is 95.6 Å². The summed E-state index contributed by atoms with van der Waals surface area (Å²) in [6.07, 6.45) is 1.80. The van der Waals surface area contributed by atoms with E-state index in [2.05, 4.69) is 34.9 Å². The number of benzene rings is 3. The Morgan fingerprint density at radius 3 is 2.08 bits per heavy atom. The molecular weight excluding hydrogens is 308 g/mol. The molecule has 0 aliphatic heterocycles. The topological polar surface area (TPSA) is 41.1 Å². The Balaban J connectivity index is 1.50. The van der Waals surface area contributed by atoms with Gasteiger partial charge in [-0.2, -0.15) is 0 Å². The van der Waals surface area contributed by atoms with Gasteiger partial charge in [-0.25, -0.2) is 0 Å². The van der Waals surface area contributed by atoms with Crippen LogP contribution in [0.5, 0.6) is 0 Å². The van der Waals surface area contributed by atoms with Crippen molar-refractivity contribution in [3.8, 4) is 0 Å². The summed E-state index contributed by atoms with van der Waals surface area (Å²) in [6, 6.07) is 26.1. The average molecular weight is 328 g/mol. The van der Waals surface area contributed by atoms with Crippen LogP contribution < -0.4 is 10.6 Å². The minimum Gasteiger partial charge on any atom is -0.355 e. The van der Waals surface area contributed by atoms with Crippen molar-refractivity contribution in [2.45, 2.75) is 18.9 Å². The quantitative estimate of drug-likeness (QED) is 0.748. The highest BCUT2D eigenvalue weighted by molar-refractivity contribution is 6.00. The molecule has 124 valence electrons. The smallest absolute Gasteiger partial charge is 0.253 e. The number of anilines is 2. The summed E-state index contributed by atoms with van der Waals surface area (Å²) in [4.78, 5) is 12.8. The van der Waals surface area contributed by atoms with Crippen LogP contribution in [0.15, 0.2) is 78.9 Å². The second kappa shape index (κ2) is 6.81. The Morgan fingerprint density at radius 2 is 1.36 bits per heavy atom. The summed E-state index contributed by atoms with van der Waals surface area (Å²) >= 11 is 0. The van der Waals surface area contributed by atoms with Crippen molar-refractivity contribution in [1.82, 2.24) is 5.32 Å². The van der Waals surface area contributed by atoms with E-state index in [9.17, 15) is 4.79 Å². The van der Waals surface area contributed by atoms with Crippen LogP contribution in [0, 0.1) is 0 Å². The number of hydrogen-bond donors (Lipinski definition) is 2. The lowest BCUT2D eigenvalue weighted by molar-refractivity contribution is 0.0939. The van der Waals surface area contributed by atoms with Gasteiger partial charge in [0, 0.05) is 11.7 Å². The molecule has 1 aliphatic rings. The number of para-hydroxylation sites is 2. The number of amides is 1. The lowest BCUT2D eigenvalue weighted by atomic mass is 10.1. The molecule has 0 bridgehead atoms. The molecule has 0 saturated carbocycles. The first-order valence-electron chi connectivity index (χ1n) is 8.58. The van der Waals surface area contributed by atoms with Gasteiger partial charge in [0.15, 0.2) is 0 Å². The van der Waals surface area contributed by atoms with Gasteiger partial charge in [-0.15, -0.1) is 0 Å². The van der Waals surface area contributed by atoms with Crippen LogP contribution >= 0.6 is 0 Å². The van der Waals surface area contributed by atoms with Crippen LogP contribution in [0.25, 0.3) is 0 Å². The molecule has 0 spiro atoms. The van der Waals surface area contributed by atoms with Gasteiger partial charge in [0.2, 0.25) is 0 Å². The molecule has 0 atom stereocenters. The maximum absolute atomic E-state index is 12.8. The molecule has 1 amide bonds. The van der Waals surface area contributed by atoms with Crippen molar-refractivity contribution in [3.63, 3.8) is 0 Å². The molecule has 3 aromatic carbocycles. The molecule has 25 heavy (non-hydrogen) atoms. The molecule has 0 heterocycles. The molecule has 3 heteroatoms. The summed E-state index contributed by atoms with van der Waals surface area (Å²) in [7, 11) is 0. The zero-order chi connectivity index (χ0) is 17.1. The van der Waals surface area contributed by atoms with E-state index in [1.54, 1.807) is 0 Å². The van der Waals surface area contributed by atoms with Crippen LogP contribution in [0.3, 0.4) is 0 Å². The number of carbonyl (C=O) groups excluding carboxylic acids is 1. The van der Waals surface area contributed by atoms with E-state index in [0.717, 1.165) is 24.2 Å². The summed E-state index contributed by atoms with van der Waals surface area (Å²) in [5.41, 5.74) is 5.13. The monoisotopic (exact) mass is 328 g/mol. The summed E-state index contributed by atoms with van der Waals surface area (Å²) in [5, 5.41) is 6.52. The number of fused-ring (bicyclic) bond motifs is 1. The fourth-order valence-electron chi connectivity index (χ4n) is 3.39. The summed E-state index contributed by atoms with van der Waals surface area (Å²) < 4.78 is 0. The fraction of sp³-hybridized carbons (Fsp3) is 0.136. The second-order valence-corrected chi connectivity index (χ2v) is 6.38. The first-order chi connectivity index (χ1) is 12.3. The van der Waals surface area contributed by atoms with Crippen LogP contribution in [0.2, 0.25) is 0 Å². The largest absolute Gasteiger partial charge is 0.355 e. The molecule has 3 nitrogen and oxygen atoms in total. The Bertz CT molecular complexity index is 864. The first-order valence-corrected chi connectivity index (χ1v) is 8.58. The van der Waals surface area contributed by atoms with Gasteiger partial charge >= 0.3 is 0 Å². The average Bonchev–Trinajstić information content (AvgIpc) is 3.05. The highest BCUT2D eigenvalue weighted by atomic mass is 16.1. The number of rotatable bonds is 4. The standard InChI is InChI=1S/C22H20N2O/c25-22(24-19-14-16-8-4-5-9-17(16)15-19)20-12-6-7-13-21(20)23-18-10-2-1-3-11-18/h1-13,19,23H,14-15H2,(H,24,25). The molecule has 0 saturated heterocycles. The highest BCUT2D eigenvalue weighted by Gasteiger charge is 2.23. The van der Waals surface area contributed by atoms with Crippen LogP contribution in [-0.4, -0.2) is 11.9 Å². The Morgan fingerprint density at radius 1 is 0.760 bits per heavy atom.